The predicted octanol–water partition coefficient (Wildman–Crippen LogP) is 6.06. The van der Waals surface area contributed by atoms with Crippen LogP contribution < -0.4 is 9.47 Å². The van der Waals surface area contributed by atoms with E-state index in [1.54, 1.807) is 26.4 Å². The molecule has 0 aliphatic carbocycles. The van der Waals surface area contributed by atoms with Crippen LogP contribution in [0.2, 0.25) is 0 Å². The summed E-state index contributed by atoms with van der Waals surface area (Å²) in [5, 5.41) is 9.98. The number of methoxy groups -OCH3 is 2. The van der Waals surface area contributed by atoms with E-state index in [1.807, 2.05) is 57.2 Å². The van der Waals surface area contributed by atoms with Crippen LogP contribution in [0.3, 0.4) is 0 Å². The molecular weight excluding hydrogens is 452 g/mol. The van der Waals surface area contributed by atoms with Gasteiger partial charge >= 0.3 is 0 Å². The minimum absolute atomic E-state index is 0.218. The molecule has 0 fully saturated rings. The lowest BCUT2D eigenvalue weighted by Crippen LogP contribution is -2.16. The molecule has 2 aromatic heterocycles. The first kappa shape index (κ1) is 23.7. The number of hydrogen-bond acceptors (Lipinski definition) is 8. The van der Waals surface area contributed by atoms with Gasteiger partial charge in [-0.3, -0.25) is 4.79 Å². The van der Waals surface area contributed by atoms with Gasteiger partial charge in [0.25, 0.3) is 0 Å². The molecule has 0 bridgehead atoms. The monoisotopic (exact) mass is 478 g/mol. The number of carbonyl (C=O) groups is 1. The topological polar surface area (TPSA) is 83.7 Å². The predicted molar refractivity (Wildman–Crippen MR) is 131 cm³/mol. The first-order valence-electron chi connectivity index (χ1n) is 10.8. The second-order valence-corrected chi connectivity index (χ2v) is 8.80. The van der Waals surface area contributed by atoms with E-state index < -0.39 is 6.10 Å². The zero-order valence-corrected chi connectivity index (χ0v) is 20.6. The van der Waals surface area contributed by atoms with Crippen molar-refractivity contribution < 1.29 is 23.4 Å². The van der Waals surface area contributed by atoms with Gasteiger partial charge in [0.1, 0.15) is 33.4 Å². The van der Waals surface area contributed by atoms with E-state index in [1.165, 1.54) is 11.3 Å². The highest BCUT2D eigenvalue weighted by molar-refractivity contribution is 7.14. The number of rotatable bonds is 9. The molecule has 176 valence electrons. The van der Waals surface area contributed by atoms with Gasteiger partial charge in [0.2, 0.25) is 5.78 Å². The van der Waals surface area contributed by atoms with Crippen molar-refractivity contribution >= 4 is 17.1 Å². The standard InChI is InChI=1S/C26H26N2O5S/c1-6-32-25(17-7-9-18(10-8-17)26-28-27-16(3)34-26)24(29)21-12-11-20(33-21)19-13-22(30-4)15(2)23(14-19)31-5/h7-14,25H,6H2,1-5H3. The maximum absolute atomic E-state index is 13.4. The second-order valence-electron chi connectivity index (χ2n) is 7.62. The quantitative estimate of drug-likeness (QED) is 0.270. The van der Waals surface area contributed by atoms with Crippen LogP contribution in [-0.2, 0) is 4.74 Å². The number of carbonyl (C=O) groups excluding carboxylic acids is 1. The molecule has 0 radical (unpaired) electrons. The number of Topliss-reactive ketones (excluding diaryl/α,β-unsaturated/α-hetero) is 1. The summed E-state index contributed by atoms with van der Waals surface area (Å²) in [4.78, 5) is 13.4. The second kappa shape index (κ2) is 10.2. The van der Waals surface area contributed by atoms with Crippen LogP contribution >= 0.6 is 11.3 Å². The fourth-order valence-electron chi connectivity index (χ4n) is 3.69. The highest BCUT2D eigenvalue weighted by atomic mass is 32.1. The van der Waals surface area contributed by atoms with Crippen LogP contribution in [-0.4, -0.2) is 36.8 Å². The van der Waals surface area contributed by atoms with Crippen molar-refractivity contribution in [2.45, 2.75) is 26.9 Å². The van der Waals surface area contributed by atoms with Crippen LogP contribution in [0.25, 0.3) is 21.9 Å². The van der Waals surface area contributed by atoms with Crippen molar-refractivity contribution in [2.75, 3.05) is 20.8 Å². The highest BCUT2D eigenvalue weighted by Crippen LogP contribution is 2.36. The average Bonchev–Trinajstić information content (AvgIpc) is 3.52. The number of nitrogens with zero attached hydrogens (tertiary/aromatic N) is 2. The number of aromatic nitrogens is 2. The molecular formula is C26H26N2O5S. The van der Waals surface area contributed by atoms with E-state index in [0.29, 0.717) is 23.9 Å². The smallest absolute Gasteiger partial charge is 0.231 e. The number of ether oxygens (including phenoxy) is 3. The van der Waals surface area contributed by atoms with Crippen LogP contribution in [0.15, 0.2) is 52.9 Å². The Hall–Kier alpha value is -3.49. The number of ketones is 1. The molecule has 0 saturated heterocycles. The summed E-state index contributed by atoms with van der Waals surface area (Å²) in [6, 6.07) is 14.8. The summed E-state index contributed by atoms with van der Waals surface area (Å²) < 4.78 is 22.7. The van der Waals surface area contributed by atoms with E-state index in [-0.39, 0.29) is 11.5 Å². The Bertz CT molecular complexity index is 1270. The maximum atomic E-state index is 13.4. The molecule has 1 atom stereocenters. The van der Waals surface area contributed by atoms with Crippen molar-refractivity contribution in [3.63, 3.8) is 0 Å². The van der Waals surface area contributed by atoms with E-state index in [4.69, 9.17) is 18.6 Å². The molecule has 0 spiro atoms. The zero-order valence-electron chi connectivity index (χ0n) is 19.7. The molecule has 0 amide bonds. The Morgan fingerprint density at radius 2 is 1.65 bits per heavy atom. The van der Waals surface area contributed by atoms with E-state index in [9.17, 15) is 4.79 Å². The van der Waals surface area contributed by atoms with Crippen molar-refractivity contribution in [1.82, 2.24) is 10.2 Å². The van der Waals surface area contributed by atoms with Gasteiger partial charge in [-0.2, -0.15) is 0 Å². The minimum atomic E-state index is -0.781. The summed E-state index contributed by atoms with van der Waals surface area (Å²) >= 11 is 1.52. The number of aryl methyl sites for hydroxylation is 1. The summed E-state index contributed by atoms with van der Waals surface area (Å²) in [6.45, 7) is 6.08. The van der Waals surface area contributed by atoms with Gasteiger partial charge in [0, 0.05) is 23.3 Å². The van der Waals surface area contributed by atoms with Crippen LogP contribution in [0.1, 0.15) is 39.7 Å². The van der Waals surface area contributed by atoms with Crippen molar-refractivity contribution in [3.05, 3.63) is 70.4 Å². The molecule has 2 heterocycles. The Balaban J connectivity index is 1.61. The fourth-order valence-corrected chi connectivity index (χ4v) is 4.38. The van der Waals surface area contributed by atoms with Crippen molar-refractivity contribution in [3.8, 4) is 33.4 Å². The fraction of sp³-hybridized carbons (Fsp3) is 0.269. The van der Waals surface area contributed by atoms with Gasteiger partial charge in [-0.1, -0.05) is 35.6 Å². The molecule has 0 aliphatic rings. The average molecular weight is 479 g/mol. The summed E-state index contributed by atoms with van der Waals surface area (Å²) in [7, 11) is 3.21. The van der Waals surface area contributed by atoms with Gasteiger partial charge in [-0.25, -0.2) is 0 Å². The third-order valence-corrected chi connectivity index (χ3v) is 6.33. The molecule has 0 saturated carbocycles. The van der Waals surface area contributed by atoms with Crippen LogP contribution in [0.4, 0.5) is 0 Å². The van der Waals surface area contributed by atoms with E-state index in [0.717, 1.165) is 32.3 Å². The lowest BCUT2D eigenvalue weighted by Gasteiger charge is -2.15. The summed E-state index contributed by atoms with van der Waals surface area (Å²) in [5.74, 6) is 1.86. The van der Waals surface area contributed by atoms with Gasteiger partial charge in [-0.15, -0.1) is 10.2 Å². The minimum Gasteiger partial charge on any atom is -0.496 e. The zero-order chi connectivity index (χ0) is 24.2. The molecule has 34 heavy (non-hydrogen) atoms. The molecule has 4 rings (SSSR count). The van der Waals surface area contributed by atoms with E-state index >= 15 is 0 Å². The van der Waals surface area contributed by atoms with Gasteiger partial charge in [0.05, 0.1) is 14.2 Å². The molecule has 1 unspecified atom stereocenters. The van der Waals surface area contributed by atoms with Crippen LogP contribution in [0.5, 0.6) is 11.5 Å². The molecule has 2 aromatic carbocycles. The Kier molecular flexibility index (Phi) is 7.09. The highest BCUT2D eigenvalue weighted by Gasteiger charge is 2.26. The van der Waals surface area contributed by atoms with E-state index in [2.05, 4.69) is 10.2 Å². The first-order valence-corrected chi connectivity index (χ1v) is 11.7. The van der Waals surface area contributed by atoms with Crippen molar-refractivity contribution in [1.29, 1.82) is 0 Å². The van der Waals surface area contributed by atoms with Crippen LogP contribution in [0, 0.1) is 13.8 Å². The van der Waals surface area contributed by atoms with Gasteiger partial charge in [0.15, 0.2) is 5.76 Å². The van der Waals surface area contributed by atoms with Gasteiger partial charge < -0.3 is 18.6 Å². The number of furan rings is 1. The lowest BCUT2D eigenvalue weighted by atomic mass is 10.0. The first-order chi connectivity index (χ1) is 16.4. The summed E-state index contributed by atoms with van der Waals surface area (Å²) in [5.41, 5.74) is 3.33. The number of hydrogen-bond donors (Lipinski definition) is 0. The Labute approximate surface area is 202 Å². The normalized spacial score (nSPS) is 11.9. The lowest BCUT2D eigenvalue weighted by molar-refractivity contribution is 0.0429. The molecule has 0 N–H and O–H groups in total. The SMILES string of the molecule is CCOC(C(=O)c1ccc(-c2cc(OC)c(C)c(OC)c2)o1)c1ccc(-c2nnc(C)s2)cc1. The maximum Gasteiger partial charge on any atom is 0.231 e. The van der Waals surface area contributed by atoms with Gasteiger partial charge in [-0.05, 0) is 50.6 Å². The molecule has 0 aliphatic heterocycles. The molecule has 7 nitrogen and oxygen atoms in total. The third-order valence-electron chi connectivity index (χ3n) is 5.44. The summed E-state index contributed by atoms with van der Waals surface area (Å²) in [6.07, 6.45) is -0.781. The third kappa shape index (κ3) is 4.73. The largest absolute Gasteiger partial charge is 0.496 e. The molecule has 8 heteroatoms. The van der Waals surface area contributed by atoms with Crippen molar-refractivity contribution in [2.24, 2.45) is 0 Å². The Morgan fingerprint density at radius 1 is 0.971 bits per heavy atom. The Morgan fingerprint density at radius 3 is 2.21 bits per heavy atom. The number of benzene rings is 2. The molecule has 4 aromatic rings.